The van der Waals surface area contributed by atoms with Crippen LogP contribution in [-0.4, -0.2) is 33.9 Å². The molecule has 3 heterocycles. The first-order valence-electron chi connectivity index (χ1n) is 8.87. The molecular weight excluding hydrogens is 358 g/mol. The van der Waals surface area contributed by atoms with Crippen molar-refractivity contribution in [3.05, 3.63) is 64.6 Å². The fraction of sp³-hybridized carbons (Fsp3) is 0.250. The number of amides is 1. The molecule has 0 saturated heterocycles. The summed E-state index contributed by atoms with van der Waals surface area (Å²) < 4.78 is 1.07. The normalized spacial score (nSPS) is 15.3. The van der Waals surface area contributed by atoms with E-state index in [1.807, 2.05) is 43.3 Å². The number of anilines is 1. The summed E-state index contributed by atoms with van der Waals surface area (Å²) in [4.78, 5) is 23.7. The molecule has 1 aliphatic rings. The van der Waals surface area contributed by atoms with Crippen LogP contribution >= 0.6 is 11.3 Å². The van der Waals surface area contributed by atoms with Gasteiger partial charge in [-0.2, -0.15) is 0 Å². The van der Waals surface area contributed by atoms with Gasteiger partial charge in [0.2, 0.25) is 0 Å². The number of nitrogens with two attached hydrogens (primary N) is 1. The SMILES string of the molecule is Cc1nc2ccc(NC(=O)C3=C(N)CN(Cc4ccccn4)CC3)cc2s1. The Balaban J connectivity index is 1.44. The van der Waals surface area contributed by atoms with Gasteiger partial charge in [0.05, 0.1) is 20.9 Å². The highest BCUT2D eigenvalue weighted by molar-refractivity contribution is 7.18. The summed E-state index contributed by atoms with van der Waals surface area (Å²) in [5.74, 6) is -0.120. The smallest absolute Gasteiger partial charge is 0.253 e. The van der Waals surface area contributed by atoms with Crippen molar-refractivity contribution in [2.45, 2.75) is 19.9 Å². The van der Waals surface area contributed by atoms with Gasteiger partial charge in [0, 0.05) is 42.8 Å². The maximum absolute atomic E-state index is 12.7. The predicted octanol–water partition coefficient (Wildman–Crippen LogP) is 3.06. The second kappa shape index (κ2) is 7.46. The summed E-state index contributed by atoms with van der Waals surface area (Å²) in [6.07, 6.45) is 2.42. The molecule has 0 unspecified atom stereocenters. The average Bonchev–Trinajstić information content (AvgIpc) is 3.02. The van der Waals surface area contributed by atoms with Gasteiger partial charge in [-0.1, -0.05) is 6.07 Å². The van der Waals surface area contributed by atoms with Gasteiger partial charge in [0.1, 0.15) is 0 Å². The fourth-order valence-corrected chi connectivity index (χ4v) is 4.15. The third-order valence-electron chi connectivity index (χ3n) is 4.60. The minimum absolute atomic E-state index is 0.120. The number of aromatic nitrogens is 2. The number of hydrogen-bond donors (Lipinski definition) is 2. The molecule has 1 amide bonds. The minimum atomic E-state index is -0.120. The number of rotatable bonds is 4. The maximum atomic E-state index is 12.7. The summed E-state index contributed by atoms with van der Waals surface area (Å²) in [6, 6.07) is 11.7. The number of pyridine rings is 1. The lowest BCUT2D eigenvalue weighted by molar-refractivity contribution is -0.113. The zero-order valence-corrected chi connectivity index (χ0v) is 15.9. The second-order valence-electron chi connectivity index (χ2n) is 6.66. The van der Waals surface area contributed by atoms with Crippen LogP contribution in [0.5, 0.6) is 0 Å². The number of aryl methyl sites for hydroxylation is 1. The molecule has 1 aliphatic heterocycles. The molecule has 0 bridgehead atoms. The van der Waals surface area contributed by atoms with Crippen LogP contribution in [0.3, 0.4) is 0 Å². The molecule has 27 heavy (non-hydrogen) atoms. The van der Waals surface area contributed by atoms with Gasteiger partial charge < -0.3 is 11.1 Å². The van der Waals surface area contributed by atoms with Crippen LogP contribution in [-0.2, 0) is 11.3 Å². The van der Waals surface area contributed by atoms with E-state index in [-0.39, 0.29) is 5.91 Å². The molecule has 0 fully saturated rings. The third-order valence-corrected chi connectivity index (χ3v) is 5.53. The highest BCUT2D eigenvalue weighted by atomic mass is 32.1. The number of thiazole rings is 1. The molecule has 6 nitrogen and oxygen atoms in total. The van der Waals surface area contributed by atoms with Gasteiger partial charge in [-0.25, -0.2) is 4.98 Å². The number of nitrogens with one attached hydrogen (secondary N) is 1. The van der Waals surface area contributed by atoms with E-state index in [2.05, 4.69) is 20.2 Å². The van der Waals surface area contributed by atoms with E-state index in [9.17, 15) is 4.79 Å². The Morgan fingerprint density at radius 1 is 1.33 bits per heavy atom. The monoisotopic (exact) mass is 379 g/mol. The largest absolute Gasteiger partial charge is 0.401 e. The van der Waals surface area contributed by atoms with Crippen LogP contribution in [0.25, 0.3) is 10.2 Å². The van der Waals surface area contributed by atoms with Crippen molar-refractivity contribution in [3.63, 3.8) is 0 Å². The average molecular weight is 379 g/mol. The Hall–Kier alpha value is -2.77. The van der Waals surface area contributed by atoms with Crippen molar-refractivity contribution in [2.24, 2.45) is 5.73 Å². The van der Waals surface area contributed by atoms with E-state index in [1.54, 1.807) is 17.5 Å². The number of hydrogen-bond acceptors (Lipinski definition) is 6. The van der Waals surface area contributed by atoms with Crippen LogP contribution in [0.1, 0.15) is 17.1 Å². The number of nitrogens with zero attached hydrogens (tertiary/aromatic N) is 3. The Morgan fingerprint density at radius 2 is 2.22 bits per heavy atom. The van der Waals surface area contributed by atoms with Gasteiger partial charge in [-0.05, 0) is 43.7 Å². The van der Waals surface area contributed by atoms with Crippen molar-refractivity contribution in [2.75, 3.05) is 18.4 Å². The van der Waals surface area contributed by atoms with Crippen LogP contribution in [0.4, 0.5) is 5.69 Å². The zero-order chi connectivity index (χ0) is 18.8. The van der Waals surface area contributed by atoms with Gasteiger partial charge in [-0.3, -0.25) is 14.7 Å². The molecule has 0 atom stereocenters. The van der Waals surface area contributed by atoms with Crippen LogP contribution in [0, 0.1) is 6.92 Å². The van der Waals surface area contributed by atoms with Crippen molar-refractivity contribution >= 4 is 33.1 Å². The highest BCUT2D eigenvalue weighted by Crippen LogP contribution is 2.25. The summed E-state index contributed by atoms with van der Waals surface area (Å²) in [5, 5.41) is 3.99. The molecule has 1 aromatic carbocycles. The fourth-order valence-electron chi connectivity index (χ4n) is 3.29. The molecule has 138 valence electrons. The highest BCUT2D eigenvalue weighted by Gasteiger charge is 2.22. The number of benzene rings is 1. The first kappa shape index (κ1) is 17.6. The molecule has 2 aromatic heterocycles. The standard InChI is InChI=1S/C20H21N5OS/c1-13-23-18-6-5-14(10-19(18)27-13)24-20(26)16-7-9-25(12-17(16)21)11-15-4-2-3-8-22-15/h2-6,8,10H,7,9,11-12,21H2,1H3,(H,24,26). The van der Waals surface area contributed by atoms with E-state index >= 15 is 0 Å². The summed E-state index contributed by atoms with van der Waals surface area (Å²) in [7, 11) is 0. The lowest BCUT2D eigenvalue weighted by atomic mass is 10.0. The topological polar surface area (TPSA) is 84.1 Å². The first-order valence-corrected chi connectivity index (χ1v) is 9.68. The van der Waals surface area contributed by atoms with E-state index in [4.69, 9.17) is 5.73 Å². The molecule has 0 spiro atoms. The third kappa shape index (κ3) is 3.99. The van der Waals surface area contributed by atoms with Crippen molar-refractivity contribution in [3.8, 4) is 0 Å². The summed E-state index contributed by atoms with van der Waals surface area (Å²) in [6.45, 7) is 4.07. The molecule has 0 saturated carbocycles. The molecule has 7 heteroatoms. The van der Waals surface area contributed by atoms with Crippen LogP contribution in [0.2, 0.25) is 0 Å². The number of fused-ring (bicyclic) bond motifs is 1. The Bertz CT molecular complexity index is 1010. The van der Waals surface area contributed by atoms with Crippen LogP contribution < -0.4 is 11.1 Å². The number of carbonyl (C=O) groups is 1. The van der Waals surface area contributed by atoms with E-state index < -0.39 is 0 Å². The van der Waals surface area contributed by atoms with Gasteiger partial charge in [-0.15, -0.1) is 11.3 Å². The Morgan fingerprint density at radius 3 is 3.00 bits per heavy atom. The Labute approximate surface area is 161 Å². The first-order chi connectivity index (χ1) is 13.1. The molecule has 3 N–H and O–H groups in total. The molecule has 4 rings (SSSR count). The van der Waals surface area contributed by atoms with Gasteiger partial charge in [0.25, 0.3) is 5.91 Å². The van der Waals surface area contributed by atoms with Crippen molar-refractivity contribution in [1.82, 2.24) is 14.9 Å². The quantitative estimate of drug-likeness (QED) is 0.728. The Kier molecular flexibility index (Phi) is 4.87. The van der Waals surface area contributed by atoms with Crippen molar-refractivity contribution in [1.29, 1.82) is 0 Å². The van der Waals surface area contributed by atoms with E-state index in [0.29, 0.717) is 24.2 Å². The second-order valence-corrected chi connectivity index (χ2v) is 7.89. The van der Waals surface area contributed by atoms with Gasteiger partial charge >= 0.3 is 0 Å². The predicted molar refractivity (Wildman–Crippen MR) is 108 cm³/mol. The maximum Gasteiger partial charge on any atom is 0.253 e. The number of carbonyl (C=O) groups excluding carboxylic acids is 1. The lowest BCUT2D eigenvalue weighted by Crippen LogP contribution is -2.36. The summed E-state index contributed by atoms with van der Waals surface area (Å²) in [5.41, 5.74) is 10.3. The molecule has 0 radical (unpaired) electrons. The summed E-state index contributed by atoms with van der Waals surface area (Å²) >= 11 is 1.62. The van der Waals surface area contributed by atoms with E-state index in [1.165, 1.54) is 0 Å². The van der Waals surface area contributed by atoms with Crippen molar-refractivity contribution < 1.29 is 4.79 Å². The molecular formula is C20H21N5OS. The molecule has 3 aromatic rings. The lowest BCUT2D eigenvalue weighted by Gasteiger charge is -2.28. The minimum Gasteiger partial charge on any atom is -0.401 e. The van der Waals surface area contributed by atoms with Gasteiger partial charge in [0.15, 0.2) is 0 Å². The van der Waals surface area contributed by atoms with Crippen LogP contribution in [0.15, 0.2) is 53.9 Å². The molecule has 0 aliphatic carbocycles. The zero-order valence-electron chi connectivity index (χ0n) is 15.1. The van der Waals surface area contributed by atoms with E-state index in [0.717, 1.165) is 39.7 Å².